The van der Waals surface area contributed by atoms with Gasteiger partial charge in [0.2, 0.25) is 17.5 Å². The van der Waals surface area contributed by atoms with Crippen LogP contribution in [0.25, 0.3) is 11.5 Å². The monoisotopic (exact) mass is 301 g/mol. The van der Waals surface area contributed by atoms with Crippen molar-refractivity contribution in [2.45, 2.75) is 6.92 Å². The van der Waals surface area contributed by atoms with Gasteiger partial charge in [-0.05, 0) is 19.1 Å². The summed E-state index contributed by atoms with van der Waals surface area (Å²) in [5.74, 6) is 0.214. The maximum atomic E-state index is 13.9. The van der Waals surface area contributed by atoms with Gasteiger partial charge in [-0.1, -0.05) is 12.1 Å². The minimum absolute atomic E-state index is 0.162. The molecule has 1 aliphatic heterocycles. The second kappa shape index (κ2) is 6.16. The highest BCUT2D eigenvalue weighted by molar-refractivity contribution is 5.60. The summed E-state index contributed by atoms with van der Waals surface area (Å²) in [6.07, 6.45) is 0. The minimum atomic E-state index is -0.403. The number of anilines is 1. The molecule has 0 bridgehead atoms. The molecule has 6 heteroatoms. The lowest BCUT2D eigenvalue weighted by Crippen LogP contribution is -3.14. The summed E-state index contributed by atoms with van der Waals surface area (Å²) < 4.78 is 19.6. The van der Waals surface area contributed by atoms with E-state index in [2.05, 4.69) is 18.0 Å². The molecule has 1 fully saturated rings. The fourth-order valence-corrected chi connectivity index (χ4v) is 2.73. The van der Waals surface area contributed by atoms with Gasteiger partial charge in [0.25, 0.3) is 0 Å². The molecule has 0 atom stereocenters. The zero-order valence-corrected chi connectivity index (χ0v) is 12.5. The number of piperazine rings is 1. The largest absolute Gasteiger partial charge is 0.419 e. The lowest BCUT2D eigenvalue weighted by Gasteiger charge is -2.31. The molecule has 22 heavy (non-hydrogen) atoms. The maximum Gasteiger partial charge on any atom is 0.235 e. The molecule has 1 aromatic heterocycles. The summed E-state index contributed by atoms with van der Waals surface area (Å²) in [6, 6.07) is 8.34. The first-order valence-electron chi connectivity index (χ1n) is 7.47. The molecule has 2 heterocycles. The van der Waals surface area contributed by atoms with Crippen LogP contribution < -0.4 is 9.80 Å². The van der Waals surface area contributed by atoms with Crippen LogP contribution in [0.5, 0.6) is 0 Å². The van der Waals surface area contributed by atoms with Crippen molar-refractivity contribution < 1.29 is 13.7 Å². The first kappa shape index (κ1) is 14.5. The van der Waals surface area contributed by atoms with Crippen molar-refractivity contribution in [3.8, 4) is 17.5 Å². The van der Waals surface area contributed by atoms with Crippen LogP contribution in [0, 0.1) is 17.1 Å². The van der Waals surface area contributed by atoms with Gasteiger partial charge in [-0.25, -0.2) is 4.39 Å². The number of benzene rings is 1. The summed E-state index contributed by atoms with van der Waals surface area (Å²) in [7, 11) is 0. The fourth-order valence-electron chi connectivity index (χ4n) is 2.73. The van der Waals surface area contributed by atoms with Gasteiger partial charge in [0.15, 0.2) is 0 Å². The van der Waals surface area contributed by atoms with Gasteiger partial charge in [-0.2, -0.15) is 10.2 Å². The molecule has 0 aliphatic carbocycles. The van der Waals surface area contributed by atoms with E-state index >= 15 is 0 Å². The van der Waals surface area contributed by atoms with E-state index in [1.54, 1.807) is 18.2 Å². The average Bonchev–Trinajstić information content (AvgIpc) is 2.99. The molecule has 5 nitrogen and oxygen atoms in total. The molecule has 0 saturated carbocycles. The molecule has 1 aliphatic rings. The number of nitriles is 1. The third-order valence-corrected chi connectivity index (χ3v) is 4.08. The van der Waals surface area contributed by atoms with E-state index < -0.39 is 5.82 Å². The molecule has 114 valence electrons. The Kier molecular flexibility index (Phi) is 4.07. The Labute approximate surface area is 128 Å². The Hall–Kier alpha value is -2.39. The molecule has 1 saturated heterocycles. The summed E-state index contributed by atoms with van der Waals surface area (Å²) >= 11 is 0. The average molecular weight is 301 g/mol. The van der Waals surface area contributed by atoms with Crippen LogP contribution in [-0.4, -0.2) is 37.7 Å². The smallest absolute Gasteiger partial charge is 0.235 e. The molecule has 0 spiro atoms. The number of hydrogen-bond donors (Lipinski definition) is 1. The fraction of sp³-hybridized carbons (Fsp3) is 0.375. The van der Waals surface area contributed by atoms with Crippen molar-refractivity contribution in [3.05, 3.63) is 35.8 Å². The van der Waals surface area contributed by atoms with E-state index in [-0.39, 0.29) is 17.1 Å². The zero-order valence-electron chi connectivity index (χ0n) is 12.5. The Balaban J connectivity index is 1.90. The molecular weight excluding hydrogens is 283 g/mol. The highest BCUT2D eigenvalue weighted by Crippen LogP contribution is 2.29. The zero-order chi connectivity index (χ0) is 15.5. The van der Waals surface area contributed by atoms with Gasteiger partial charge in [0.1, 0.15) is 11.9 Å². The van der Waals surface area contributed by atoms with Crippen molar-refractivity contribution in [2.24, 2.45) is 0 Å². The van der Waals surface area contributed by atoms with Crippen LogP contribution in [0.3, 0.4) is 0 Å². The van der Waals surface area contributed by atoms with Crippen molar-refractivity contribution in [1.29, 1.82) is 5.26 Å². The number of quaternary nitrogens is 1. The summed E-state index contributed by atoms with van der Waals surface area (Å²) in [6.45, 7) is 6.87. The van der Waals surface area contributed by atoms with Crippen molar-refractivity contribution in [1.82, 2.24) is 4.98 Å². The second-order valence-corrected chi connectivity index (χ2v) is 5.36. The summed E-state index contributed by atoms with van der Waals surface area (Å²) in [4.78, 5) is 7.71. The Bertz CT molecular complexity index is 698. The lowest BCUT2D eigenvalue weighted by molar-refractivity contribution is -0.898. The van der Waals surface area contributed by atoms with Crippen molar-refractivity contribution in [2.75, 3.05) is 37.6 Å². The van der Waals surface area contributed by atoms with Gasteiger partial charge in [0, 0.05) is 0 Å². The summed E-state index contributed by atoms with van der Waals surface area (Å²) in [5, 5.41) is 9.28. The number of likely N-dealkylation sites (N-methyl/N-ethyl adjacent to an activating group) is 1. The van der Waals surface area contributed by atoms with E-state index in [0.29, 0.717) is 5.88 Å². The first-order chi connectivity index (χ1) is 10.7. The van der Waals surface area contributed by atoms with Gasteiger partial charge < -0.3 is 14.2 Å². The summed E-state index contributed by atoms with van der Waals surface area (Å²) in [5.41, 5.74) is 0.501. The number of oxazole rings is 1. The third kappa shape index (κ3) is 2.68. The van der Waals surface area contributed by atoms with Crippen LogP contribution in [0.15, 0.2) is 28.7 Å². The molecule has 0 radical (unpaired) electrons. The number of rotatable bonds is 3. The predicted octanol–water partition coefficient (Wildman–Crippen LogP) is 1.08. The van der Waals surface area contributed by atoms with E-state index in [0.717, 1.165) is 32.7 Å². The highest BCUT2D eigenvalue weighted by Gasteiger charge is 2.26. The Morgan fingerprint density at radius 3 is 2.73 bits per heavy atom. The topological polar surface area (TPSA) is 57.5 Å². The third-order valence-electron chi connectivity index (χ3n) is 4.08. The minimum Gasteiger partial charge on any atom is -0.419 e. The van der Waals surface area contributed by atoms with E-state index in [1.807, 2.05) is 4.90 Å². The molecule has 1 N–H and O–H groups in total. The van der Waals surface area contributed by atoms with Crippen LogP contribution >= 0.6 is 0 Å². The van der Waals surface area contributed by atoms with Gasteiger partial charge >= 0.3 is 0 Å². The normalized spacial score (nSPS) is 15.8. The molecule has 3 rings (SSSR count). The van der Waals surface area contributed by atoms with E-state index in [1.165, 1.54) is 11.0 Å². The van der Waals surface area contributed by atoms with Crippen molar-refractivity contribution >= 4 is 5.88 Å². The van der Waals surface area contributed by atoms with E-state index in [9.17, 15) is 9.65 Å². The predicted molar refractivity (Wildman–Crippen MR) is 80.1 cm³/mol. The number of hydrogen-bond acceptors (Lipinski definition) is 4. The molecule has 0 unspecified atom stereocenters. The van der Waals surface area contributed by atoms with Gasteiger partial charge in [-0.15, -0.1) is 0 Å². The Morgan fingerprint density at radius 1 is 1.36 bits per heavy atom. The number of nitrogens with one attached hydrogen (secondary N) is 1. The number of aromatic nitrogens is 1. The standard InChI is InChI=1S/C16H17FN4O/c1-2-20-7-9-21(10-8-20)16-14(11-18)19-15(22-16)12-5-3-4-6-13(12)17/h3-6H,2,7-10H2,1H3/p+1. The Morgan fingerprint density at radius 2 is 2.09 bits per heavy atom. The quantitative estimate of drug-likeness (QED) is 0.921. The molecule has 2 aromatic rings. The number of nitrogens with zero attached hydrogens (tertiary/aromatic N) is 3. The van der Waals surface area contributed by atoms with Crippen molar-refractivity contribution in [3.63, 3.8) is 0 Å². The highest BCUT2D eigenvalue weighted by atomic mass is 19.1. The van der Waals surface area contributed by atoms with Gasteiger partial charge in [-0.3, -0.25) is 0 Å². The van der Waals surface area contributed by atoms with Crippen LogP contribution in [0.1, 0.15) is 12.6 Å². The van der Waals surface area contributed by atoms with Crippen LogP contribution in [-0.2, 0) is 0 Å². The second-order valence-electron chi connectivity index (χ2n) is 5.36. The first-order valence-corrected chi connectivity index (χ1v) is 7.47. The van der Waals surface area contributed by atoms with E-state index in [4.69, 9.17) is 4.42 Å². The maximum absolute atomic E-state index is 13.9. The van der Waals surface area contributed by atoms with Crippen LogP contribution in [0.2, 0.25) is 0 Å². The molecular formula is C16H18FN4O+. The molecule has 1 aromatic carbocycles. The SMILES string of the molecule is CC[NH+]1CCN(c2oc(-c3ccccc3F)nc2C#N)CC1. The molecule has 0 amide bonds. The number of halogens is 1. The van der Waals surface area contributed by atoms with Crippen LogP contribution in [0.4, 0.5) is 10.3 Å². The lowest BCUT2D eigenvalue weighted by atomic mass is 10.2. The van der Waals surface area contributed by atoms with Gasteiger partial charge in [0.05, 0.1) is 38.3 Å².